The van der Waals surface area contributed by atoms with Crippen LogP contribution < -0.4 is 5.32 Å². The Morgan fingerprint density at radius 3 is 2.45 bits per heavy atom. The number of nitrogens with one attached hydrogen (secondary N) is 1. The summed E-state index contributed by atoms with van der Waals surface area (Å²) in [5, 5.41) is 2.86. The smallest absolute Gasteiger partial charge is 0.234 e. The molecule has 1 atom stereocenters. The van der Waals surface area contributed by atoms with Crippen LogP contribution in [0.5, 0.6) is 0 Å². The number of nitrogens with zero attached hydrogens (tertiary/aromatic N) is 2. The van der Waals surface area contributed by atoms with E-state index in [-0.39, 0.29) is 5.91 Å². The maximum Gasteiger partial charge on any atom is 0.234 e. The molecule has 2 rings (SSSR count). The van der Waals surface area contributed by atoms with Gasteiger partial charge in [-0.15, -0.1) is 0 Å². The summed E-state index contributed by atoms with van der Waals surface area (Å²) in [4.78, 5) is 16.3. The summed E-state index contributed by atoms with van der Waals surface area (Å²) in [5.41, 5.74) is 1.37. The molecule has 1 aliphatic heterocycles. The van der Waals surface area contributed by atoms with Gasteiger partial charge in [-0.2, -0.15) is 0 Å². The maximum absolute atomic E-state index is 11.6. The van der Waals surface area contributed by atoms with Crippen molar-refractivity contribution < 1.29 is 4.79 Å². The number of piperazine rings is 1. The zero-order chi connectivity index (χ0) is 14.4. The SMILES string of the molecule is CCNC(=O)CN1CCN(C(C)c2ccccc2)CC1. The molecule has 0 aromatic heterocycles. The minimum absolute atomic E-state index is 0.136. The topological polar surface area (TPSA) is 35.6 Å². The van der Waals surface area contributed by atoms with Crippen molar-refractivity contribution in [1.82, 2.24) is 15.1 Å². The molecule has 1 saturated heterocycles. The van der Waals surface area contributed by atoms with Gasteiger partial charge in [0.25, 0.3) is 0 Å². The van der Waals surface area contributed by atoms with Crippen LogP contribution in [-0.4, -0.2) is 55.0 Å². The lowest BCUT2D eigenvalue weighted by atomic mass is 10.1. The van der Waals surface area contributed by atoms with E-state index in [9.17, 15) is 4.79 Å². The summed E-state index contributed by atoms with van der Waals surface area (Å²) in [6.45, 7) is 9.44. The average molecular weight is 275 g/mol. The maximum atomic E-state index is 11.6. The van der Waals surface area contributed by atoms with E-state index in [1.807, 2.05) is 6.92 Å². The van der Waals surface area contributed by atoms with Gasteiger partial charge in [-0.3, -0.25) is 14.6 Å². The molecule has 1 amide bonds. The van der Waals surface area contributed by atoms with Crippen LogP contribution >= 0.6 is 0 Å². The number of hydrogen-bond donors (Lipinski definition) is 1. The van der Waals surface area contributed by atoms with E-state index in [4.69, 9.17) is 0 Å². The summed E-state index contributed by atoms with van der Waals surface area (Å²) in [6.07, 6.45) is 0. The van der Waals surface area contributed by atoms with Gasteiger partial charge in [-0.25, -0.2) is 0 Å². The van der Waals surface area contributed by atoms with Gasteiger partial charge in [0.1, 0.15) is 0 Å². The first-order valence-corrected chi connectivity index (χ1v) is 7.48. The highest BCUT2D eigenvalue weighted by Gasteiger charge is 2.22. The van der Waals surface area contributed by atoms with Gasteiger partial charge in [0, 0.05) is 38.8 Å². The predicted octanol–water partition coefficient (Wildman–Crippen LogP) is 1.50. The van der Waals surface area contributed by atoms with E-state index >= 15 is 0 Å². The molecule has 4 heteroatoms. The number of rotatable bonds is 5. The molecule has 1 aliphatic rings. The normalized spacial score (nSPS) is 18.7. The van der Waals surface area contributed by atoms with Crippen LogP contribution in [0.3, 0.4) is 0 Å². The highest BCUT2D eigenvalue weighted by molar-refractivity contribution is 5.77. The van der Waals surface area contributed by atoms with Crippen molar-refractivity contribution in [2.24, 2.45) is 0 Å². The zero-order valence-corrected chi connectivity index (χ0v) is 12.5. The van der Waals surface area contributed by atoms with E-state index in [0.717, 1.165) is 26.2 Å². The Hall–Kier alpha value is -1.39. The number of likely N-dealkylation sites (N-methyl/N-ethyl adjacent to an activating group) is 1. The third kappa shape index (κ3) is 4.05. The fraction of sp³-hybridized carbons (Fsp3) is 0.562. The second-order valence-corrected chi connectivity index (χ2v) is 5.35. The summed E-state index contributed by atoms with van der Waals surface area (Å²) in [7, 11) is 0. The zero-order valence-electron chi connectivity index (χ0n) is 12.5. The second-order valence-electron chi connectivity index (χ2n) is 5.35. The molecule has 1 unspecified atom stereocenters. The third-order valence-corrected chi connectivity index (χ3v) is 3.98. The monoisotopic (exact) mass is 275 g/mol. The van der Waals surface area contributed by atoms with Crippen molar-refractivity contribution in [3.63, 3.8) is 0 Å². The van der Waals surface area contributed by atoms with Gasteiger partial charge in [0.15, 0.2) is 0 Å². The molecule has 1 N–H and O–H groups in total. The Morgan fingerprint density at radius 1 is 1.20 bits per heavy atom. The van der Waals surface area contributed by atoms with Crippen LogP contribution in [0.4, 0.5) is 0 Å². The van der Waals surface area contributed by atoms with Crippen molar-refractivity contribution >= 4 is 5.91 Å². The fourth-order valence-electron chi connectivity index (χ4n) is 2.71. The summed E-state index contributed by atoms with van der Waals surface area (Å²) < 4.78 is 0. The largest absolute Gasteiger partial charge is 0.355 e. The molecule has 0 saturated carbocycles. The first-order chi connectivity index (χ1) is 9.70. The van der Waals surface area contributed by atoms with Gasteiger partial charge >= 0.3 is 0 Å². The predicted molar refractivity (Wildman–Crippen MR) is 81.6 cm³/mol. The standard InChI is InChI=1S/C16H25N3O/c1-3-17-16(20)13-18-9-11-19(12-10-18)14(2)15-7-5-4-6-8-15/h4-8,14H,3,9-13H2,1-2H3,(H,17,20). The Morgan fingerprint density at radius 2 is 1.85 bits per heavy atom. The molecule has 1 aromatic rings. The highest BCUT2D eigenvalue weighted by Crippen LogP contribution is 2.20. The Kier molecular flexibility index (Phi) is 5.56. The minimum atomic E-state index is 0.136. The summed E-state index contributed by atoms with van der Waals surface area (Å²) in [5.74, 6) is 0.136. The molecule has 4 nitrogen and oxygen atoms in total. The lowest BCUT2D eigenvalue weighted by Gasteiger charge is -2.37. The molecule has 0 radical (unpaired) electrons. The molecule has 20 heavy (non-hydrogen) atoms. The van der Waals surface area contributed by atoms with Crippen molar-refractivity contribution in [2.75, 3.05) is 39.3 Å². The van der Waals surface area contributed by atoms with Crippen LogP contribution in [0.25, 0.3) is 0 Å². The van der Waals surface area contributed by atoms with Crippen molar-refractivity contribution in [2.45, 2.75) is 19.9 Å². The minimum Gasteiger partial charge on any atom is -0.355 e. The van der Waals surface area contributed by atoms with Gasteiger partial charge in [0.05, 0.1) is 6.54 Å². The molecule has 1 aromatic carbocycles. The molecule has 0 spiro atoms. The third-order valence-electron chi connectivity index (χ3n) is 3.98. The van der Waals surface area contributed by atoms with E-state index in [1.54, 1.807) is 0 Å². The van der Waals surface area contributed by atoms with Crippen molar-refractivity contribution in [3.8, 4) is 0 Å². The van der Waals surface area contributed by atoms with Crippen LogP contribution in [0, 0.1) is 0 Å². The number of benzene rings is 1. The van der Waals surface area contributed by atoms with Gasteiger partial charge in [-0.05, 0) is 19.4 Å². The van der Waals surface area contributed by atoms with Crippen LogP contribution in [0.15, 0.2) is 30.3 Å². The Labute approximate surface area is 121 Å². The number of carbonyl (C=O) groups excluding carboxylic acids is 1. The van der Waals surface area contributed by atoms with E-state index in [1.165, 1.54) is 5.56 Å². The molecule has 1 heterocycles. The lowest BCUT2D eigenvalue weighted by Crippen LogP contribution is -2.49. The quantitative estimate of drug-likeness (QED) is 0.884. The Balaban J connectivity index is 1.81. The van der Waals surface area contributed by atoms with Crippen molar-refractivity contribution in [1.29, 1.82) is 0 Å². The van der Waals surface area contributed by atoms with Crippen LogP contribution in [0.1, 0.15) is 25.5 Å². The molecular formula is C16H25N3O. The Bertz CT molecular complexity index is 413. The number of hydrogen-bond acceptors (Lipinski definition) is 3. The van der Waals surface area contributed by atoms with E-state index in [0.29, 0.717) is 19.1 Å². The summed E-state index contributed by atoms with van der Waals surface area (Å²) >= 11 is 0. The molecule has 0 bridgehead atoms. The fourth-order valence-corrected chi connectivity index (χ4v) is 2.71. The second kappa shape index (κ2) is 7.41. The summed E-state index contributed by atoms with van der Waals surface area (Å²) in [6, 6.07) is 11.1. The highest BCUT2D eigenvalue weighted by atomic mass is 16.2. The molecular weight excluding hydrogens is 250 g/mol. The first-order valence-electron chi connectivity index (χ1n) is 7.48. The van der Waals surface area contributed by atoms with Crippen LogP contribution in [-0.2, 0) is 4.79 Å². The molecule has 0 aliphatic carbocycles. The van der Waals surface area contributed by atoms with Gasteiger partial charge < -0.3 is 5.32 Å². The number of carbonyl (C=O) groups is 1. The van der Waals surface area contributed by atoms with E-state index < -0.39 is 0 Å². The van der Waals surface area contributed by atoms with E-state index in [2.05, 4.69) is 52.4 Å². The molecule has 110 valence electrons. The van der Waals surface area contributed by atoms with Crippen molar-refractivity contribution in [3.05, 3.63) is 35.9 Å². The van der Waals surface area contributed by atoms with Gasteiger partial charge in [-0.1, -0.05) is 30.3 Å². The number of amides is 1. The van der Waals surface area contributed by atoms with Gasteiger partial charge in [0.2, 0.25) is 5.91 Å². The first kappa shape index (κ1) is 15.0. The molecule has 1 fully saturated rings. The average Bonchev–Trinajstić information content (AvgIpc) is 2.48. The lowest BCUT2D eigenvalue weighted by molar-refractivity contribution is -0.122. The van der Waals surface area contributed by atoms with Crippen LogP contribution in [0.2, 0.25) is 0 Å².